The maximum absolute atomic E-state index is 13.5. The summed E-state index contributed by atoms with van der Waals surface area (Å²) in [6.07, 6.45) is 0. The minimum atomic E-state index is -0.640. The van der Waals surface area contributed by atoms with Crippen LogP contribution in [0.25, 0.3) is 22.2 Å². The molecular formula is C14H8F3N. The fraction of sp³-hybridized carbons (Fsp3) is 0. The van der Waals surface area contributed by atoms with Gasteiger partial charge in [-0.2, -0.15) is 0 Å². The SMILES string of the molecule is Fc1ccc(-c2cc3cc(F)cc(F)c3[nH]2)cc1. The molecule has 1 nitrogen and oxygen atoms in total. The van der Waals surface area contributed by atoms with Crippen molar-refractivity contribution in [3.8, 4) is 11.3 Å². The molecular weight excluding hydrogens is 239 g/mol. The van der Waals surface area contributed by atoms with Crippen LogP contribution >= 0.6 is 0 Å². The van der Waals surface area contributed by atoms with E-state index in [9.17, 15) is 13.2 Å². The summed E-state index contributed by atoms with van der Waals surface area (Å²) in [5.41, 5.74) is 1.58. The van der Waals surface area contributed by atoms with Gasteiger partial charge >= 0.3 is 0 Å². The third-order valence-corrected chi connectivity index (χ3v) is 2.80. The number of aromatic nitrogens is 1. The zero-order valence-corrected chi connectivity index (χ0v) is 9.18. The number of halogens is 3. The van der Waals surface area contributed by atoms with Crippen LogP contribution in [0.2, 0.25) is 0 Å². The monoisotopic (exact) mass is 247 g/mol. The molecule has 0 unspecified atom stereocenters. The van der Waals surface area contributed by atoms with Crippen LogP contribution in [-0.2, 0) is 0 Å². The molecule has 0 spiro atoms. The Hall–Kier alpha value is -2.23. The van der Waals surface area contributed by atoms with Crippen LogP contribution in [0.15, 0.2) is 42.5 Å². The van der Waals surface area contributed by atoms with E-state index in [-0.39, 0.29) is 11.3 Å². The standard InChI is InChI=1S/C14H8F3N/c15-10-3-1-8(2-4-10)13-6-9-5-11(16)7-12(17)14(9)18-13/h1-7,18H. The molecule has 1 aromatic heterocycles. The normalized spacial score (nSPS) is 11.1. The molecule has 0 saturated heterocycles. The van der Waals surface area contributed by atoms with Gasteiger partial charge in [-0.25, -0.2) is 13.2 Å². The van der Waals surface area contributed by atoms with Crippen molar-refractivity contribution in [3.05, 3.63) is 59.9 Å². The van der Waals surface area contributed by atoms with Gasteiger partial charge in [-0.15, -0.1) is 0 Å². The van der Waals surface area contributed by atoms with Crippen molar-refractivity contribution in [3.63, 3.8) is 0 Å². The largest absolute Gasteiger partial charge is 0.352 e. The summed E-state index contributed by atoms with van der Waals surface area (Å²) in [5.74, 6) is -1.60. The summed E-state index contributed by atoms with van der Waals surface area (Å²) < 4.78 is 39.4. The fourth-order valence-electron chi connectivity index (χ4n) is 1.95. The van der Waals surface area contributed by atoms with Gasteiger partial charge < -0.3 is 4.98 Å². The third-order valence-electron chi connectivity index (χ3n) is 2.80. The number of H-pyrrole nitrogens is 1. The van der Waals surface area contributed by atoms with Gasteiger partial charge in [-0.1, -0.05) is 0 Å². The second-order valence-corrected chi connectivity index (χ2v) is 4.04. The number of fused-ring (bicyclic) bond motifs is 1. The molecule has 3 aromatic rings. The Labute approximate surface area is 101 Å². The molecule has 2 aromatic carbocycles. The Kier molecular flexibility index (Phi) is 2.37. The van der Waals surface area contributed by atoms with Crippen molar-refractivity contribution in [1.82, 2.24) is 4.98 Å². The highest BCUT2D eigenvalue weighted by Crippen LogP contribution is 2.26. The van der Waals surface area contributed by atoms with Gasteiger partial charge in [0.1, 0.15) is 17.5 Å². The molecule has 1 heterocycles. The van der Waals surface area contributed by atoms with Crippen molar-refractivity contribution < 1.29 is 13.2 Å². The molecule has 0 amide bonds. The molecule has 0 bridgehead atoms. The maximum atomic E-state index is 13.5. The van der Waals surface area contributed by atoms with Crippen LogP contribution < -0.4 is 0 Å². The molecule has 0 atom stereocenters. The van der Waals surface area contributed by atoms with E-state index in [1.807, 2.05) is 0 Å². The molecule has 90 valence electrons. The van der Waals surface area contributed by atoms with E-state index < -0.39 is 11.6 Å². The van der Waals surface area contributed by atoms with Gasteiger partial charge in [-0.05, 0) is 42.0 Å². The van der Waals surface area contributed by atoms with Gasteiger partial charge in [0.2, 0.25) is 0 Å². The zero-order valence-electron chi connectivity index (χ0n) is 9.18. The van der Waals surface area contributed by atoms with Crippen LogP contribution in [0.5, 0.6) is 0 Å². The first-order chi connectivity index (χ1) is 8.63. The predicted octanol–water partition coefficient (Wildman–Crippen LogP) is 4.25. The van der Waals surface area contributed by atoms with Gasteiger partial charge in [-0.3, -0.25) is 0 Å². The number of hydrogen-bond donors (Lipinski definition) is 1. The second kappa shape index (κ2) is 3.91. The van der Waals surface area contributed by atoms with Crippen LogP contribution in [-0.4, -0.2) is 4.98 Å². The van der Waals surface area contributed by atoms with Gasteiger partial charge in [0.25, 0.3) is 0 Å². The maximum Gasteiger partial charge on any atom is 0.150 e. The lowest BCUT2D eigenvalue weighted by Crippen LogP contribution is -1.81. The lowest BCUT2D eigenvalue weighted by molar-refractivity contribution is 0.591. The van der Waals surface area contributed by atoms with Gasteiger partial charge in [0, 0.05) is 17.1 Å². The highest BCUT2D eigenvalue weighted by atomic mass is 19.1. The molecule has 0 aliphatic rings. The summed E-state index contributed by atoms with van der Waals surface area (Å²) in [4.78, 5) is 2.86. The van der Waals surface area contributed by atoms with Gasteiger partial charge in [0.15, 0.2) is 0 Å². The number of hydrogen-bond acceptors (Lipinski definition) is 0. The molecule has 4 heteroatoms. The fourth-order valence-corrected chi connectivity index (χ4v) is 1.95. The van der Waals surface area contributed by atoms with Crippen molar-refractivity contribution in [2.24, 2.45) is 0 Å². The van der Waals surface area contributed by atoms with E-state index in [0.717, 1.165) is 6.07 Å². The smallest absolute Gasteiger partial charge is 0.150 e. The summed E-state index contributed by atoms with van der Waals surface area (Å²) in [6, 6.07) is 9.50. The van der Waals surface area contributed by atoms with Crippen LogP contribution in [0.1, 0.15) is 0 Å². The summed E-state index contributed by atoms with van der Waals surface area (Å²) >= 11 is 0. The average Bonchev–Trinajstić information content (AvgIpc) is 2.74. The van der Waals surface area contributed by atoms with Crippen LogP contribution in [0.4, 0.5) is 13.2 Å². The molecule has 0 fully saturated rings. The van der Waals surface area contributed by atoms with E-state index in [4.69, 9.17) is 0 Å². The third kappa shape index (κ3) is 1.76. The molecule has 18 heavy (non-hydrogen) atoms. The second-order valence-electron chi connectivity index (χ2n) is 4.04. The molecule has 0 saturated carbocycles. The summed E-state index contributed by atoms with van der Waals surface area (Å²) in [7, 11) is 0. The van der Waals surface area contributed by atoms with E-state index in [1.165, 1.54) is 18.2 Å². The number of aromatic amines is 1. The first-order valence-electron chi connectivity index (χ1n) is 5.37. The van der Waals surface area contributed by atoms with Crippen LogP contribution in [0.3, 0.4) is 0 Å². The molecule has 0 aliphatic heterocycles. The predicted molar refractivity (Wildman–Crippen MR) is 63.6 cm³/mol. The van der Waals surface area contributed by atoms with Crippen molar-refractivity contribution in [1.29, 1.82) is 0 Å². The van der Waals surface area contributed by atoms with Crippen LogP contribution in [0, 0.1) is 17.5 Å². The summed E-state index contributed by atoms with van der Waals surface area (Å²) in [5, 5.41) is 0.451. The minimum absolute atomic E-state index is 0.246. The highest BCUT2D eigenvalue weighted by Gasteiger charge is 2.09. The Balaban J connectivity index is 2.19. The topological polar surface area (TPSA) is 15.8 Å². The van der Waals surface area contributed by atoms with Crippen molar-refractivity contribution >= 4 is 10.9 Å². The van der Waals surface area contributed by atoms with E-state index in [1.54, 1.807) is 18.2 Å². The first kappa shape index (κ1) is 10.9. The Morgan fingerprint density at radius 1 is 0.778 bits per heavy atom. The van der Waals surface area contributed by atoms with Crippen molar-refractivity contribution in [2.45, 2.75) is 0 Å². The molecule has 0 radical (unpaired) electrons. The molecule has 3 rings (SSSR count). The average molecular weight is 247 g/mol. The van der Waals surface area contributed by atoms with Crippen molar-refractivity contribution in [2.75, 3.05) is 0 Å². The number of rotatable bonds is 1. The molecule has 0 aliphatic carbocycles. The van der Waals surface area contributed by atoms with E-state index >= 15 is 0 Å². The first-order valence-corrected chi connectivity index (χ1v) is 5.37. The number of benzene rings is 2. The highest BCUT2D eigenvalue weighted by molar-refractivity contribution is 5.86. The molecule has 1 N–H and O–H groups in total. The minimum Gasteiger partial charge on any atom is -0.352 e. The Morgan fingerprint density at radius 3 is 2.22 bits per heavy atom. The summed E-state index contributed by atoms with van der Waals surface area (Å²) in [6.45, 7) is 0. The lowest BCUT2D eigenvalue weighted by Gasteiger charge is -1.96. The van der Waals surface area contributed by atoms with E-state index in [2.05, 4.69) is 4.98 Å². The zero-order chi connectivity index (χ0) is 12.7. The lowest BCUT2D eigenvalue weighted by atomic mass is 10.1. The van der Waals surface area contributed by atoms with Gasteiger partial charge in [0.05, 0.1) is 5.52 Å². The number of nitrogens with one attached hydrogen (secondary N) is 1. The Bertz CT molecular complexity index is 714. The quantitative estimate of drug-likeness (QED) is 0.661. The Morgan fingerprint density at radius 2 is 1.50 bits per heavy atom. The van der Waals surface area contributed by atoms with E-state index in [0.29, 0.717) is 16.6 Å².